The molecule has 1 aliphatic heterocycles. The summed E-state index contributed by atoms with van der Waals surface area (Å²) in [5.41, 5.74) is 8.85. The molecule has 5 nitrogen and oxygen atoms in total. The third kappa shape index (κ3) is 1.96. The predicted molar refractivity (Wildman–Crippen MR) is 119 cm³/mol. The highest BCUT2D eigenvalue weighted by Crippen LogP contribution is 2.60. The zero-order valence-electron chi connectivity index (χ0n) is 16.9. The van der Waals surface area contributed by atoms with Crippen LogP contribution >= 0.6 is 11.6 Å². The molecule has 2 N–H and O–H groups in total. The maximum absolute atomic E-state index is 12.7. The number of halogens is 1. The van der Waals surface area contributed by atoms with Gasteiger partial charge in [-0.3, -0.25) is 0 Å². The van der Waals surface area contributed by atoms with E-state index in [0.717, 1.165) is 39.8 Å². The minimum absolute atomic E-state index is 0.355. The Morgan fingerprint density at radius 1 is 1.23 bits per heavy atom. The molecule has 0 saturated heterocycles. The van der Waals surface area contributed by atoms with Gasteiger partial charge in [-0.2, -0.15) is 0 Å². The molecule has 6 rings (SSSR count). The van der Waals surface area contributed by atoms with Gasteiger partial charge in [0.25, 0.3) is 0 Å². The SMILES string of the molecule is COC(=O)c1[nH]cc2c1C1(CN(C)c3ccc(C)cc31)c1[nH]c3ccc(Cl)cc3c1-2. The second-order valence-corrected chi connectivity index (χ2v) is 8.73. The Labute approximate surface area is 178 Å². The van der Waals surface area contributed by atoms with Crippen LogP contribution in [0.4, 0.5) is 5.69 Å². The molecule has 0 radical (unpaired) electrons. The minimum Gasteiger partial charge on any atom is -0.464 e. The lowest BCUT2D eigenvalue weighted by Gasteiger charge is -2.27. The second kappa shape index (κ2) is 5.70. The molecule has 0 saturated carbocycles. The average Bonchev–Trinajstić information content (AvgIpc) is 3.43. The number of benzene rings is 2. The fourth-order valence-corrected chi connectivity index (χ4v) is 5.67. The fourth-order valence-electron chi connectivity index (χ4n) is 5.49. The van der Waals surface area contributed by atoms with Gasteiger partial charge in [0.2, 0.25) is 0 Å². The lowest BCUT2D eigenvalue weighted by Crippen LogP contribution is -2.34. The topological polar surface area (TPSA) is 61.1 Å². The van der Waals surface area contributed by atoms with Crippen molar-refractivity contribution in [3.05, 3.63) is 75.7 Å². The first kappa shape index (κ1) is 17.7. The van der Waals surface area contributed by atoms with Gasteiger partial charge in [0, 0.05) is 63.8 Å². The molecule has 1 aliphatic carbocycles. The maximum atomic E-state index is 12.7. The van der Waals surface area contributed by atoms with Gasteiger partial charge in [-0.15, -0.1) is 0 Å². The Morgan fingerprint density at radius 2 is 2.07 bits per heavy atom. The first-order valence-corrected chi connectivity index (χ1v) is 10.3. The third-order valence-electron chi connectivity index (χ3n) is 6.65. The highest BCUT2D eigenvalue weighted by Gasteiger charge is 2.55. The number of methoxy groups -OCH3 is 1. The summed E-state index contributed by atoms with van der Waals surface area (Å²) in [4.78, 5) is 21.9. The Balaban J connectivity index is 1.79. The number of nitrogens with zero attached hydrogens (tertiary/aromatic N) is 1. The van der Waals surface area contributed by atoms with Gasteiger partial charge < -0.3 is 19.6 Å². The number of rotatable bonds is 1. The van der Waals surface area contributed by atoms with E-state index in [0.29, 0.717) is 10.7 Å². The summed E-state index contributed by atoms with van der Waals surface area (Å²) in [6.07, 6.45) is 1.93. The van der Waals surface area contributed by atoms with Crippen LogP contribution in [0.25, 0.3) is 22.0 Å². The number of anilines is 1. The molecule has 2 aromatic carbocycles. The van der Waals surface area contributed by atoms with Crippen LogP contribution < -0.4 is 4.90 Å². The van der Waals surface area contributed by atoms with Gasteiger partial charge in [0.05, 0.1) is 12.5 Å². The largest absolute Gasteiger partial charge is 0.464 e. The average molecular weight is 418 g/mol. The van der Waals surface area contributed by atoms with Gasteiger partial charge in [-0.25, -0.2) is 4.79 Å². The Bertz CT molecular complexity index is 1380. The summed E-state index contributed by atoms with van der Waals surface area (Å²) in [6.45, 7) is 2.83. The number of nitrogens with one attached hydrogen (secondary N) is 2. The molecule has 2 aliphatic rings. The van der Waals surface area contributed by atoms with E-state index in [-0.39, 0.29) is 5.97 Å². The summed E-state index contributed by atoms with van der Waals surface area (Å²) in [5.74, 6) is -0.355. The van der Waals surface area contributed by atoms with E-state index in [1.54, 1.807) is 0 Å². The summed E-state index contributed by atoms with van der Waals surface area (Å²) in [5, 5.41) is 1.75. The highest BCUT2D eigenvalue weighted by atomic mass is 35.5. The summed E-state index contributed by atoms with van der Waals surface area (Å²) >= 11 is 6.35. The molecule has 1 spiro atoms. The quantitative estimate of drug-likeness (QED) is 0.428. The molecule has 4 aromatic rings. The number of fused-ring (bicyclic) bond motifs is 9. The number of carbonyl (C=O) groups excluding carboxylic acids is 1. The van der Waals surface area contributed by atoms with Crippen molar-refractivity contribution < 1.29 is 9.53 Å². The van der Waals surface area contributed by atoms with E-state index in [1.807, 2.05) is 24.4 Å². The standard InChI is InChI=1S/C24H20ClN3O2/c1-12-4-7-18-16(8-12)24(11-28(18)2)20-15(10-26-21(20)23(29)30-3)19-14-9-13(25)5-6-17(14)27-22(19)24/h4-10,26-27H,11H2,1-3H3. The third-order valence-corrected chi connectivity index (χ3v) is 6.89. The van der Waals surface area contributed by atoms with Crippen molar-refractivity contribution in [1.29, 1.82) is 0 Å². The van der Waals surface area contributed by atoms with Gasteiger partial charge in [0.1, 0.15) is 5.69 Å². The zero-order chi connectivity index (χ0) is 20.8. The Morgan fingerprint density at radius 3 is 2.87 bits per heavy atom. The van der Waals surface area contributed by atoms with Crippen molar-refractivity contribution in [1.82, 2.24) is 9.97 Å². The lowest BCUT2D eigenvalue weighted by molar-refractivity contribution is 0.0592. The van der Waals surface area contributed by atoms with E-state index in [2.05, 4.69) is 47.0 Å². The molecule has 0 bridgehead atoms. The molecule has 3 heterocycles. The number of hydrogen-bond acceptors (Lipinski definition) is 3. The molecule has 0 amide bonds. The van der Waals surface area contributed by atoms with Crippen LogP contribution in [-0.2, 0) is 10.2 Å². The minimum atomic E-state index is -0.490. The van der Waals surface area contributed by atoms with Crippen molar-refractivity contribution in [3.8, 4) is 11.1 Å². The van der Waals surface area contributed by atoms with Crippen molar-refractivity contribution in [2.45, 2.75) is 12.3 Å². The van der Waals surface area contributed by atoms with E-state index in [9.17, 15) is 4.79 Å². The number of H-pyrrole nitrogens is 2. The molecule has 150 valence electrons. The first-order chi connectivity index (χ1) is 14.5. The lowest BCUT2D eigenvalue weighted by atomic mass is 9.75. The maximum Gasteiger partial charge on any atom is 0.354 e. The van der Waals surface area contributed by atoms with Crippen LogP contribution in [0.2, 0.25) is 5.02 Å². The first-order valence-electron chi connectivity index (χ1n) is 9.90. The molecular weight excluding hydrogens is 398 g/mol. The fraction of sp³-hybridized carbons (Fsp3) is 0.208. The Hall–Kier alpha value is -3.18. The number of likely N-dealkylation sites (N-methyl/N-ethyl adjacent to an activating group) is 1. The number of hydrogen-bond donors (Lipinski definition) is 2. The van der Waals surface area contributed by atoms with Crippen LogP contribution in [0.5, 0.6) is 0 Å². The van der Waals surface area contributed by atoms with E-state index in [1.165, 1.54) is 23.9 Å². The normalized spacial score (nSPS) is 18.7. The highest BCUT2D eigenvalue weighted by molar-refractivity contribution is 6.31. The molecule has 1 unspecified atom stereocenters. The predicted octanol–water partition coefficient (Wildman–Crippen LogP) is 5.01. The monoisotopic (exact) mass is 417 g/mol. The van der Waals surface area contributed by atoms with Crippen LogP contribution in [0, 0.1) is 6.92 Å². The molecule has 6 heteroatoms. The molecule has 0 fully saturated rings. The summed E-state index contributed by atoms with van der Waals surface area (Å²) < 4.78 is 5.13. The van der Waals surface area contributed by atoms with E-state index in [4.69, 9.17) is 16.3 Å². The van der Waals surface area contributed by atoms with Crippen LogP contribution in [-0.4, -0.2) is 36.6 Å². The molecule has 1 atom stereocenters. The Kier molecular flexibility index (Phi) is 3.36. The molecule has 30 heavy (non-hydrogen) atoms. The van der Waals surface area contributed by atoms with Crippen LogP contribution in [0.1, 0.15) is 32.9 Å². The second-order valence-electron chi connectivity index (χ2n) is 8.29. The number of aromatic amines is 2. The van der Waals surface area contributed by atoms with Crippen molar-refractivity contribution in [3.63, 3.8) is 0 Å². The number of ether oxygens (including phenoxy) is 1. The summed E-state index contributed by atoms with van der Waals surface area (Å²) in [7, 11) is 3.52. The van der Waals surface area contributed by atoms with E-state index < -0.39 is 5.41 Å². The van der Waals surface area contributed by atoms with Gasteiger partial charge in [0.15, 0.2) is 0 Å². The number of aryl methyl sites for hydroxylation is 1. The van der Waals surface area contributed by atoms with Crippen molar-refractivity contribution in [2.75, 3.05) is 25.6 Å². The number of carbonyl (C=O) groups is 1. The van der Waals surface area contributed by atoms with Crippen LogP contribution in [0.3, 0.4) is 0 Å². The smallest absolute Gasteiger partial charge is 0.354 e. The summed E-state index contributed by atoms with van der Waals surface area (Å²) in [6, 6.07) is 12.5. The number of esters is 1. The molecular formula is C24H20ClN3O2. The van der Waals surface area contributed by atoms with Crippen molar-refractivity contribution in [2.24, 2.45) is 0 Å². The van der Waals surface area contributed by atoms with E-state index >= 15 is 0 Å². The van der Waals surface area contributed by atoms with Gasteiger partial charge in [-0.05, 0) is 36.8 Å². The molecule has 2 aromatic heterocycles. The number of aromatic nitrogens is 2. The van der Waals surface area contributed by atoms with Crippen LogP contribution in [0.15, 0.2) is 42.6 Å². The van der Waals surface area contributed by atoms with Gasteiger partial charge >= 0.3 is 5.97 Å². The zero-order valence-corrected chi connectivity index (χ0v) is 17.6. The van der Waals surface area contributed by atoms with Gasteiger partial charge in [-0.1, -0.05) is 29.3 Å². The van der Waals surface area contributed by atoms with Crippen molar-refractivity contribution >= 4 is 34.2 Å².